The molecule has 0 amide bonds. The first-order valence-corrected chi connectivity index (χ1v) is 6.11. The van der Waals surface area contributed by atoms with Crippen LogP contribution in [0, 0.1) is 6.92 Å². The summed E-state index contributed by atoms with van der Waals surface area (Å²) in [5.41, 5.74) is 2.00. The Kier molecular flexibility index (Phi) is 2.86. The summed E-state index contributed by atoms with van der Waals surface area (Å²) >= 11 is 0. The molecule has 19 heavy (non-hydrogen) atoms. The van der Waals surface area contributed by atoms with Crippen molar-refractivity contribution >= 4 is 11.5 Å². The van der Waals surface area contributed by atoms with Crippen LogP contribution in [0.25, 0.3) is 5.65 Å². The van der Waals surface area contributed by atoms with Gasteiger partial charge in [0.2, 0.25) is 0 Å². The van der Waals surface area contributed by atoms with Crippen LogP contribution in [0.3, 0.4) is 0 Å². The minimum Gasteiger partial charge on any atom is -0.369 e. The Morgan fingerprint density at radius 2 is 2.21 bits per heavy atom. The zero-order chi connectivity index (χ0) is 13.2. The minimum atomic E-state index is 0.769. The number of nitrogens with one attached hydrogen (secondary N) is 1. The lowest BCUT2D eigenvalue weighted by Crippen LogP contribution is -2.11. The van der Waals surface area contributed by atoms with Gasteiger partial charge in [0.25, 0.3) is 0 Å². The highest BCUT2D eigenvalue weighted by Gasteiger charge is 2.05. The van der Waals surface area contributed by atoms with Crippen molar-refractivity contribution < 1.29 is 0 Å². The van der Waals surface area contributed by atoms with Gasteiger partial charge in [0.05, 0.1) is 0 Å². The molecule has 0 unspecified atom stereocenters. The average molecular weight is 257 g/mol. The van der Waals surface area contributed by atoms with Crippen molar-refractivity contribution in [3.05, 3.63) is 36.2 Å². The maximum atomic E-state index is 4.20. The lowest BCUT2D eigenvalue weighted by Gasteiger charge is -2.08. The maximum Gasteiger partial charge on any atom is 0.157 e. The third kappa shape index (κ3) is 2.26. The van der Waals surface area contributed by atoms with Crippen LogP contribution in [0.2, 0.25) is 0 Å². The molecule has 3 aromatic heterocycles. The fraction of sp³-hybridized carbons (Fsp3) is 0.333. The number of rotatable bonds is 4. The Labute approximate surface area is 110 Å². The number of fused-ring (bicyclic) bond motifs is 1. The Hall–Kier alpha value is -2.44. The molecule has 0 aliphatic rings. The van der Waals surface area contributed by atoms with Gasteiger partial charge in [0.1, 0.15) is 24.3 Å². The van der Waals surface area contributed by atoms with E-state index in [2.05, 4.69) is 31.7 Å². The van der Waals surface area contributed by atoms with Crippen LogP contribution in [0.4, 0.5) is 5.82 Å². The summed E-state index contributed by atoms with van der Waals surface area (Å²) < 4.78 is 3.71. The fourth-order valence-electron chi connectivity index (χ4n) is 2.02. The Morgan fingerprint density at radius 1 is 1.32 bits per heavy atom. The minimum absolute atomic E-state index is 0.769. The van der Waals surface area contributed by atoms with Crippen LogP contribution in [-0.2, 0) is 13.5 Å². The van der Waals surface area contributed by atoms with Crippen molar-refractivity contribution in [2.24, 2.45) is 7.05 Å². The third-order valence-electron chi connectivity index (χ3n) is 2.98. The second-order valence-corrected chi connectivity index (χ2v) is 4.48. The number of aryl methyl sites for hydroxylation is 2. The van der Waals surface area contributed by atoms with Crippen molar-refractivity contribution in [2.75, 3.05) is 11.9 Å². The van der Waals surface area contributed by atoms with E-state index in [9.17, 15) is 0 Å². The molecule has 0 saturated carbocycles. The van der Waals surface area contributed by atoms with E-state index in [1.807, 2.05) is 24.6 Å². The van der Waals surface area contributed by atoms with Gasteiger partial charge in [0.15, 0.2) is 5.65 Å². The van der Waals surface area contributed by atoms with E-state index in [1.54, 1.807) is 17.2 Å². The highest BCUT2D eigenvalue weighted by atomic mass is 15.3. The molecule has 7 nitrogen and oxygen atoms in total. The fourth-order valence-corrected chi connectivity index (χ4v) is 2.02. The quantitative estimate of drug-likeness (QED) is 0.749. The molecular formula is C12H15N7. The summed E-state index contributed by atoms with van der Waals surface area (Å²) in [6.07, 6.45) is 4.07. The Morgan fingerprint density at radius 3 is 3.00 bits per heavy atom. The predicted molar refractivity (Wildman–Crippen MR) is 70.9 cm³/mol. The molecule has 0 saturated heterocycles. The number of hydrogen-bond acceptors (Lipinski definition) is 5. The van der Waals surface area contributed by atoms with E-state index >= 15 is 0 Å². The van der Waals surface area contributed by atoms with Crippen LogP contribution < -0.4 is 5.32 Å². The number of hydrogen-bond donors (Lipinski definition) is 1. The monoisotopic (exact) mass is 257 g/mol. The molecule has 3 heterocycles. The van der Waals surface area contributed by atoms with E-state index in [0.717, 1.165) is 35.8 Å². The molecule has 3 aromatic rings. The van der Waals surface area contributed by atoms with Crippen LogP contribution in [0.1, 0.15) is 11.4 Å². The number of anilines is 1. The largest absolute Gasteiger partial charge is 0.369 e. The van der Waals surface area contributed by atoms with Crippen LogP contribution >= 0.6 is 0 Å². The Balaban J connectivity index is 1.75. The second-order valence-electron chi connectivity index (χ2n) is 4.48. The smallest absolute Gasteiger partial charge is 0.157 e. The van der Waals surface area contributed by atoms with Gasteiger partial charge >= 0.3 is 0 Å². The van der Waals surface area contributed by atoms with Gasteiger partial charge in [-0.3, -0.25) is 0 Å². The highest BCUT2D eigenvalue weighted by Crippen LogP contribution is 2.13. The molecule has 0 aliphatic heterocycles. The van der Waals surface area contributed by atoms with E-state index < -0.39 is 0 Å². The summed E-state index contributed by atoms with van der Waals surface area (Å²) in [6.45, 7) is 2.81. The summed E-state index contributed by atoms with van der Waals surface area (Å²) in [5.74, 6) is 1.89. The first-order valence-electron chi connectivity index (χ1n) is 6.11. The molecule has 7 heteroatoms. The van der Waals surface area contributed by atoms with Gasteiger partial charge in [-0.1, -0.05) is 0 Å². The van der Waals surface area contributed by atoms with E-state index in [0.29, 0.717) is 0 Å². The lowest BCUT2D eigenvalue weighted by molar-refractivity contribution is 0.784. The van der Waals surface area contributed by atoms with Crippen LogP contribution in [0.15, 0.2) is 24.8 Å². The molecule has 0 spiro atoms. The summed E-state index contributed by atoms with van der Waals surface area (Å²) in [6, 6.07) is 4.05. The van der Waals surface area contributed by atoms with Crippen molar-refractivity contribution in [2.45, 2.75) is 13.3 Å². The molecular weight excluding hydrogens is 242 g/mol. The molecule has 0 aliphatic carbocycles. The molecule has 0 fully saturated rings. The SMILES string of the molecule is Cc1cc(NCCc2nncn2C)n2ncnc2c1. The zero-order valence-corrected chi connectivity index (χ0v) is 10.9. The van der Waals surface area contributed by atoms with E-state index in [-0.39, 0.29) is 0 Å². The topological polar surface area (TPSA) is 72.9 Å². The third-order valence-corrected chi connectivity index (χ3v) is 2.98. The second kappa shape index (κ2) is 4.68. The van der Waals surface area contributed by atoms with Gasteiger partial charge in [-0.15, -0.1) is 10.2 Å². The molecule has 0 aromatic carbocycles. The molecule has 1 N–H and O–H groups in total. The van der Waals surface area contributed by atoms with Gasteiger partial charge < -0.3 is 9.88 Å². The first-order chi connectivity index (χ1) is 9.24. The summed E-state index contributed by atoms with van der Waals surface area (Å²) in [5, 5.41) is 15.5. The van der Waals surface area contributed by atoms with Gasteiger partial charge in [-0.25, -0.2) is 4.98 Å². The standard InChI is InChI=1S/C12H15N7/c1-9-5-11(19-12(6-9)14-7-16-19)13-4-3-10-17-15-8-18(10)2/h5-8,13H,3-4H2,1-2H3. The van der Waals surface area contributed by atoms with Gasteiger partial charge in [-0.2, -0.15) is 9.61 Å². The van der Waals surface area contributed by atoms with Crippen molar-refractivity contribution in [3.8, 4) is 0 Å². The normalized spacial score (nSPS) is 11.1. The molecule has 98 valence electrons. The summed E-state index contributed by atoms with van der Waals surface area (Å²) in [7, 11) is 1.94. The zero-order valence-electron chi connectivity index (χ0n) is 10.9. The van der Waals surface area contributed by atoms with Gasteiger partial charge in [0, 0.05) is 20.0 Å². The summed E-state index contributed by atoms with van der Waals surface area (Å²) in [4.78, 5) is 4.20. The molecule has 0 bridgehead atoms. The predicted octanol–water partition coefficient (Wildman–Crippen LogP) is 0.821. The maximum absolute atomic E-state index is 4.20. The number of pyridine rings is 1. The number of aromatic nitrogens is 6. The van der Waals surface area contributed by atoms with Crippen molar-refractivity contribution in [1.82, 2.24) is 29.4 Å². The molecule has 0 atom stereocenters. The first kappa shape index (κ1) is 11.6. The van der Waals surface area contributed by atoms with E-state index in [1.165, 1.54) is 0 Å². The van der Waals surface area contributed by atoms with Crippen LogP contribution in [0.5, 0.6) is 0 Å². The van der Waals surface area contributed by atoms with Crippen molar-refractivity contribution in [3.63, 3.8) is 0 Å². The van der Waals surface area contributed by atoms with Crippen LogP contribution in [-0.4, -0.2) is 35.9 Å². The average Bonchev–Trinajstić information content (AvgIpc) is 2.98. The van der Waals surface area contributed by atoms with E-state index in [4.69, 9.17) is 0 Å². The lowest BCUT2D eigenvalue weighted by atomic mass is 10.3. The van der Waals surface area contributed by atoms with Gasteiger partial charge in [-0.05, 0) is 24.6 Å². The highest BCUT2D eigenvalue weighted by molar-refractivity contribution is 5.51. The van der Waals surface area contributed by atoms with Crippen molar-refractivity contribution in [1.29, 1.82) is 0 Å². The molecule has 0 radical (unpaired) electrons. The Bertz CT molecular complexity index is 697. The molecule has 3 rings (SSSR count). The number of nitrogens with zero attached hydrogens (tertiary/aromatic N) is 6.